The Labute approximate surface area is 122 Å². The van der Waals surface area contributed by atoms with Crippen LogP contribution in [0.5, 0.6) is 0 Å². The summed E-state index contributed by atoms with van der Waals surface area (Å²) < 4.78 is -0.158. The van der Waals surface area contributed by atoms with Crippen molar-refractivity contribution in [2.24, 2.45) is 5.10 Å². The van der Waals surface area contributed by atoms with E-state index in [9.17, 15) is 9.59 Å². The summed E-state index contributed by atoms with van der Waals surface area (Å²) in [7, 11) is 0. The molecule has 0 radical (unpaired) electrons. The van der Waals surface area contributed by atoms with E-state index >= 15 is 0 Å². The fourth-order valence-corrected chi connectivity index (χ4v) is 2.33. The third kappa shape index (κ3) is 3.05. The van der Waals surface area contributed by atoms with E-state index in [4.69, 9.17) is 11.6 Å². The second-order valence-electron chi connectivity index (χ2n) is 4.78. The Bertz CT molecular complexity index is 545. The van der Waals surface area contributed by atoms with Crippen LogP contribution in [-0.2, 0) is 11.3 Å². The number of hydrogen-bond donors (Lipinski definition) is 1. The Balaban J connectivity index is 2.35. The number of carbonyl (C=O) groups is 2. The van der Waals surface area contributed by atoms with Crippen molar-refractivity contribution in [3.05, 3.63) is 35.9 Å². The fourth-order valence-electron chi connectivity index (χ4n) is 2.21. The Kier molecular flexibility index (Phi) is 4.52. The number of amides is 3. The molecule has 6 heteroatoms. The predicted molar refractivity (Wildman–Crippen MR) is 77.3 cm³/mol. The zero-order valence-corrected chi connectivity index (χ0v) is 12.1. The van der Waals surface area contributed by atoms with Crippen LogP contribution in [0.15, 0.2) is 35.4 Å². The monoisotopic (exact) mass is 294 g/mol. The summed E-state index contributed by atoms with van der Waals surface area (Å²) in [6, 6.07) is 9.23. The van der Waals surface area contributed by atoms with Crippen LogP contribution in [0, 0.1) is 0 Å². The number of carbonyl (C=O) groups excluding carboxylic acids is 2. The number of nitrogens with one attached hydrogen (secondary N) is 1. The summed E-state index contributed by atoms with van der Waals surface area (Å²) in [6.45, 7) is 2.49. The molecule has 5 nitrogen and oxygen atoms in total. The number of urea groups is 1. The van der Waals surface area contributed by atoms with Gasteiger partial charge in [-0.25, -0.2) is 10.1 Å². The van der Waals surface area contributed by atoms with Crippen molar-refractivity contribution < 1.29 is 14.2 Å². The smallest absolute Gasteiger partial charge is 0.267 e. The molecule has 20 heavy (non-hydrogen) atoms. The molecule has 1 aromatic carbocycles. The number of benzene rings is 1. The number of alkyl halides is 1. The lowest BCUT2D eigenvalue weighted by atomic mass is 10.2. The van der Waals surface area contributed by atoms with Gasteiger partial charge in [-0.05, 0) is 6.92 Å². The minimum atomic E-state index is -0.428. The van der Waals surface area contributed by atoms with E-state index in [-0.39, 0.29) is 4.59 Å². The second kappa shape index (κ2) is 6.15. The number of quaternary nitrogens is 1. The van der Waals surface area contributed by atoms with E-state index in [2.05, 4.69) is 10.4 Å². The molecule has 0 aliphatic carbocycles. The maximum atomic E-state index is 12.3. The van der Waals surface area contributed by atoms with Crippen LogP contribution in [0.25, 0.3) is 0 Å². The molecule has 1 aromatic rings. The lowest BCUT2D eigenvalue weighted by Gasteiger charge is -2.32. The average Bonchev–Trinajstić information content (AvgIpc) is 2.44. The second-order valence-corrected chi connectivity index (χ2v) is 5.16. The third-order valence-electron chi connectivity index (χ3n) is 3.22. The van der Waals surface area contributed by atoms with Crippen LogP contribution < -0.4 is 5.32 Å². The molecule has 1 atom stereocenters. The molecule has 1 aliphatic heterocycles. The lowest BCUT2D eigenvalue weighted by Crippen LogP contribution is -2.60. The predicted octanol–water partition coefficient (Wildman–Crippen LogP) is 2.26. The molecule has 3 amide bonds. The number of halogens is 1. The molecule has 1 unspecified atom stereocenters. The van der Waals surface area contributed by atoms with E-state index in [1.54, 1.807) is 6.92 Å². The molecule has 0 aromatic heterocycles. The Hall–Kier alpha value is -1.72. The van der Waals surface area contributed by atoms with Crippen molar-refractivity contribution in [3.8, 4) is 0 Å². The van der Waals surface area contributed by atoms with Gasteiger partial charge in [0.2, 0.25) is 0 Å². The van der Waals surface area contributed by atoms with Gasteiger partial charge in [-0.3, -0.25) is 4.79 Å². The number of rotatable bonds is 5. The summed E-state index contributed by atoms with van der Waals surface area (Å²) in [6.07, 6.45) is 0.646. The lowest BCUT2D eigenvalue weighted by molar-refractivity contribution is -0.871. The molecule has 0 bridgehead atoms. The maximum absolute atomic E-state index is 12.3. The number of nitrogens with zero attached hydrogens (tertiary/aromatic N) is 2. The summed E-state index contributed by atoms with van der Waals surface area (Å²) in [4.78, 5) is 23.8. The first kappa shape index (κ1) is 14.7. The minimum absolute atomic E-state index is 0.158. The molecule has 0 saturated carbocycles. The summed E-state index contributed by atoms with van der Waals surface area (Å²) in [5, 5.41) is 6.71. The van der Waals surface area contributed by atoms with Gasteiger partial charge in [0.05, 0.1) is 0 Å². The van der Waals surface area contributed by atoms with Crippen LogP contribution in [-0.4, -0.2) is 34.7 Å². The average molecular weight is 295 g/mol. The molecular formula is C14H17ClN3O2+. The first-order valence-electron chi connectivity index (χ1n) is 6.47. The van der Waals surface area contributed by atoms with Gasteiger partial charge in [0.25, 0.3) is 5.91 Å². The molecule has 2 rings (SSSR count). The van der Waals surface area contributed by atoms with Crippen LogP contribution >= 0.6 is 11.6 Å². The highest BCUT2D eigenvalue weighted by Crippen LogP contribution is 2.20. The van der Waals surface area contributed by atoms with E-state index in [1.165, 1.54) is 0 Å². The van der Waals surface area contributed by atoms with E-state index in [0.717, 1.165) is 5.56 Å². The van der Waals surface area contributed by atoms with Gasteiger partial charge in [0.15, 0.2) is 5.71 Å². The van der Waals surface area contributed by atoms with Crippen LogP contribution in [0.1, 0.15) is 18.9 Å². The third-order valence-corrected chi connectivity index (χ3v) is 3.48. The van der Waals surface area contributed by atoms with Crippen molar-refractivity contribution in [2.45, 2.75) is 19.9 Å². The van der Waals surface area contributed by atoms with Crippen LogP contribution in [0.3, 0.4) is 0 Å². The molecule has 1 N–H and O–H groups in total. The largest absolute Gasteiger partial charge is 0.450 e. The summed E-state index contributed by atoms with van der Waals surface area (Å²) in [5.41, 5.74) is 1.30. The van der Waals surface area contributed by atoms with Gasteiger partial charge in [-0.2, -0.15) is 0 Å². The number of imide groups is 1. The van der Waals surface area contributed by atoms with Crippen molar-refractivity contribution in [3.63, 3.8) is 0 Å². The summed E-state index contributed by atoms with van der Waals surface area (Å²) >= 11 is 5.74. The van der Waals surface area contributed by atoms with E-state index in [1.807, 2.05) is 30.3 Å². The first-order valence-corrected chi connectivity index (χ1v) is 7.00. The zero-order valence-electron chi connectivity index (χ0n) is 11.3. The highest BCUT2D eigenvalue weighted by atomic mass is 35.5. The van der Waals surface area contributed by atoms with Gasteiger partial charge in [0, 0.05) is 17.9 Å². The molecule has 106 valence electrons. The van der Waals surface area contributed by atoms with Crippen molar-refractivity contribution in [1.29, 1.82) is 0 Å². The highest BCUT2D eigenvalue weighted by molar-refractivity contribution is 6.40. The number of hydrogen-bond acceptors (Lipinski definition) is 3. The van der Waals surface area contributed by atoms with Crippen molar-refractivity contribution in [1.82, 2.24) is 5.32 Å². The fraction of sp³-hybridized carbons (Fsp3) is 0.357. The van der Waals surface area contributed by atoms with Crippen LogP contribution in [0.2, 0.25) is 0 Å². The molecule has 0 spiro atoms. The minimum Gasteiger partial charge on any atom is -0.267 e. The summed E-state index contributed by atoms with van der Waals surface area (Å²) in [5.74, 6) is 0.0209. The zero-order chi connectivity index (χ0) is 14.6. The molecule has 1 heterocycles. The van der Waals surface area contributed by atoms with E-state index < -0.39 is 11.9 Å². The Morgan fingerprint density at radius 1 is 1.25 bits per heavy atom. The van der Waals surface area contributed by atoms with Gasteiger partial charge in [-0.15, -0.1) is 16.2 Å². The Morgan fingerprint density at radius 3 is 2.60 bits per heavy atom. The van der Waals surface area contributed by atoms with Gasteiger partial charge >= 0.3 is 6.03 Å². The first-order chi connectivity index (χ1) is 9.57. The van der Waals surface area contributed by atoms with Gasteiger partial charge in [0.1, 0.15) is 13.1 Å². The molecule has 0 fully saturated rings. The van der Waals surface area contributed by atoms with Gasteiger partial charge < -0.3 is 0 Å². The Morgan fingerprint density at radius 2 is 1.95 bits per heavy atom. The standard InChI is InChI=1S/C14H16ClN3O2/c1-11-13(19)16-14(20)18(17-11,9-5-8-15)10-12-6-3-2-4-7-12/h2-4,6-7H,5,8-10H2,1H3/p+1. The topological polar surface area (TPSA) is 58.5 Å². The van der Waals surface area contributed by atoms with Gasteiger partial charge in [-0.1, -0.05) is 35.4 Å². The van der Waals surface area contributed by atoms with Crippen molar-refractivity contribution in [2.75, 3.05) is 12.4 Å². The van der Waals surface area contributed by atoms with Crippen LogP contribution in [0.4, 0.5) is 4.79 Å². The molecule has 0 saturated heterocycles. The molecular weight excluding hydrogens is 278 g/mol. The normalized spacial score (nSPS) is 22.4. The van der Waals surface area contributed by atoms with Crippen molar-refractivity contribution >= 4 is 29.3 Å². The quantitative estimate of drug-likeness (QED) is 0.669. The van der Waals surface area contributed by atoms with E-state index in [0.29, 0.717) is 31.1 Å². The maximum Gasteiger partial charge on any atom is 0.450 e. The molecule has 1 aliphatic rings. The highest BCUT2D eigenvalue weighted by Gasteiger charge is 2.43. The SMILES string of the molecule is CC1=N[N+](CCCCl)(Cc2ccccc2)C(=O)NC1=O.